The molecule has 0 radical (unpaired) electrons. The Morgan fingerprint density at radius 2 is 2.10 bits per heavy atom. The Kier molecular flexibility index (Phi) is 3.63. The minimum atomic E-state index is 0.142. The summed E-state index contributed by atoms with van der Waals surface area (Å²) in [7, 11) is 0. The molecular formula is C16H13BClNO2. The molecule has 0 unspecified atom stereocenters. The maximum Gasteiger partial charge on any atom is 0.324 e. The van der Waals surface area contributed by atoms with E-state index in [1.165, 1.54) is 5.46 Å². The van der Waals surface area contributed by atoms with Crippen LogP contribution in [0.1, 0.15) is 11.1 Å². The van der Waals surface area contributed by atoms with Crippen molar-refractivity contribution in [1.82, 2.24) is 0 Å². The zero-order valence-corrected chi connectivity index (χ0v) is 12.6. The van der Waals surface area contributed by atoms with Crippen LogP contribution in [0.2, 0.25) is 11.8 Å². The lowest BCUT2D eigenvalue weighted by Gasteiger charge is -2.10. The molecule has 0 saturated carbocycles. The summed E-state index contributed by atoms with van der Waals surface area (Å²) >= 11 is 6.10. The number of nitrogens with zero attached hydrogens (tertiary/aromatic N) is 1. The van der Waals surface area contributed by atoms with Crippen LogP contribution in [0, 0.1) is 13.5 Å². The molecule has 1 aliphatic rings. The molecule has 2 aromatic rings. The van der Waals surface area contributed by atoms with Crippen molar-refractivity contribution in [3.05, 3.63) is 57.9 Å². The van der Waals surface area contributed by atoms with Gasteiger partial charge in [0.05, 0.1) is 18.2 Å². The van der Waals surface area contributed by atoms with E-state index >= 15 is 0 Å². The van der Waals surface area contributed by atoms with E-state index < -0.39 is 0 Å². The summed E-state index contributed by atoms with van der Waals surface area (Å²) in [6.07, 6.45) is 0. The van der Waals surface area contributed by atoms with Crippen LogP contribution in [0.4, 0.5) is 5.69 Å². The lowest BCUT2D eigenvalue weighted by atomic mass is 9.64. The van der Waals surface area contributed by atoms with Crippen LogP contribution < -0.4 is 10.2 Å². The Hall–Kier alpha value is -1.96. The molecule has 0 atom stereocenters. The van der Waals surface area contributed by atoms with Gasteiger partial charge in [-0.2, -0.15) is 0 Å². The molecule has 3 nitrogen and oxygen atoms in total. The van der Waals surface area contributed by atoms with Crippen molar-refractivity contribution < 1.29 is 9.39 Å². The van der Waals surface area contributed by atoms with E-state index in [0.717, 1.165) is 16.9 Å². The van der Waals surface area contributed by atoms with Crippen molar-refractivity contribution in [3.8, 4) is 11.5 Å². The molecule has 104 valence electrons. The normalized spacial score (nSPS) is 13.0. The minimum absolute atomic E-state index is 0.142. The van der Waals surface area contributed by atoms with Gasteiger partial charge in [0.2, 0.25) is 5.69 Å². The van der Waals surface area contributed by atoms with E-state index in [1.807, 2.05) is 38.0 Å². The Morgan fingerprint density at radius 3 is 2.81 bits per heavy atom. The fraction of sp³-hybridized carbons (Fsp3) is 0.188. The summed E-state index contributed by atoms with van der Waals surface area (Å²) in [4.78, 5) is 3.42. The maximum absolute atomic E-state index is 7.11. The monoisotopic (exact) mass is 297 g/mol. The topological polar surface area (TPSA) is 22.8 Å². The van der Waals surface area contributed by atoms with Gasteiger partial charge in [-0.1, -0.05) is 24.5 Å². The van der Waals surface area contributed by atoms with E-state index in [9.17, 15) is 0 Å². The highest BCUT2D eigenvalue weighted by atomic mass is 35.5. The summed E-state index contributed by atoms with van der Waals surface area (Å²) in [5.41, 5.74) is 3.64. The van der Waals surface area contributed by atoms with E-state index in [1.54, 1.807) is 6.07 Å². The van der Waals surface area contributed by atoms with Gasteiger partial charge in [-0.05, 0) is 47.8 Å². The molecule has 0 bridgehead atoms. The summed E-state index contributed by atoms with van der Waals surface area (Å²) in [5, 5.41) is 0.415. The highest BCUT2D eigenvalue weighted by Crippen LogP contribution is 2.35. The second-order valence-corrected chi connectivity index (χ2v) is 5.51. The van der Waals surface area contributed by atoms with Gasteiger partial charge in [0.1, 0.15) is 11.5 Å². The van der Waals surface area contributed by atoms with Crippen molar-refractivity contribution in [2.45, 2.75) is 20.4 Å². The number of aryl methyl sites for hydroxylation is 1. The number of halogens is 1. The Balaban J connectivity index is 1.90. The van der Waals surface area contributed by atoms with Crippen LogP contribution in [0.5, 0.6) is 11.5 Å². The van der Waals surface area contributed by atoms with Crippen molar-refractivity contribution >= 4 is 29.7 Å². The third-order valence-electron chi connectivity index (χ3n) is 3.62. The SMILES string of the molecule is [C-]#[N+]c1c(C)cc(Oc2ccc3c(c2)COB3C)cc1Cl. The molecule has 0 fully saturated rings. The molecule has 1 aliphatic heterocycles. The van der Waals surface area contributed by atoms with E-state index in [2.05, 4.69) is 4.85 Å². The molecule has 0 aliphatic carbocycles. The maximum atomic E-state index is 7.11. The van der Waals surface area contributed by atoms with Crippen LogP contribution >= 0.6 is 11.6 Å². The number of fused-ring (bicyclic) bond motifs is 1. The van der Waals surface area contributed by atoms with Crippen LogP contribution in [0.15, 0.2) is 30.3 Å². The zero-order valence-electron chi connectivity index (χ0n) is 11.8. The second-order valence-electron chi connectivity index (χ2n) is 5.10. The molecule has 0 spiro atoms. The fourth-order valence-electron chi connectivity index (χ4n) is 2.51. The van der Waals surface area contributed by atoms with Gasteiger partial charge in [-0.25, -0.2) is 4.85 Å². The molecular weight excluding hydrogens is 284 g/mol. The molecule has 0 N–H and O–H groups in total. The second kappa shape index (κ2) is 5.44. The largest absolute Gasteiger partial charge is 0.457 e. The smallest absolute Gasteiger partial charge is 0.324 e. The highest BCUT2D eigenvalue weighted by molar-refractivity contribution is 6.67. The minimum Gasteiger partial charge on any atom is -0.457 e. The molecule has 5 heteroatoms. The van der Waals surface area contributed by atoms with Gasteiger partial charge < -0.3 is 9.39 Å². The first-order chi connectivity index (χ1) is 10.1. The van der Waals surface area contributed by atoms with E-state index in [4.69, 9.17) is 27.6 Å². The number of hydrogen-bond acceptors (Lipinski definition) is 2. The molecule has 0 amide bonds. The first-order valence-corrected chi connectivity index (χ1v) is 7.06. The lowest BCUT2D eigenvalue weighted by molar-refractivity contribution is 0.333. The Morgan fingerprint density at radius 1 is 1.29 bits per heavy atom. The first kappa shape index (κ1) is 14.0. The van der Waals surface area contributed by atoms with E-state index in [0.29, 0.717) is 23.1 Å². The standard InChI is InChI=1S/C16H13BClNO2/c1-10-6-13(8-15(18)16(10)19-3)21-12-4-5-14-11(7-12)9-20-17(14)2/h4-8H,9H2,1-2H3. The van der Waals surface area contributed by atoms with Crippen molar-refractivity contribution in [1.29, 1.82) is 0 Å². The molecule has 2 aromatic carbocycles. The number of hydrogen-bond donors (Lipinski definition) is 0. The summed E-state index contributed by atoms with van der Waals surface area (Å²) in [6.45, 7) is 11.8. The average molecular weight is 298 g/mol. The molecule has 21 heavy (non-hydrogen) atoms. The first-order valence-electron chi connectivity index (χ1n) is 6.68. The predicted molar refractivity (Wildman–Crippen MR) is 85.0 cm³/mol. The van der Waals surface area contributed by atoms with Crippen molar-refractivity contribution in [2.24, 2.45) is 0 Å². The third kappa shape index (κ3) is 2.63. The lowest BCUT2D eigenvalue weighted by Crippen LogP contribution is -2.23. The van der Waals surface area contributed by atoms with Crippen molar-refractivity contribution in [2.75, 3.05) is 0 Å². The zero-order chi connectivity index (χ0) is 15.0. The number of rotatable bonds is 2. The van der Waals surface area contributed by atoms with Gasteiger partial charge in [0.25, 0.3) is 0 Å². The van der Waals surface area contributed by atoms with Gasteiger partial charge in [0.15, 0.2) is 0 Å². The quantitative estimate of drug-likeness (QED) is 0.607. The third-order valence-corrected chi connectivity index (χ3v) is 3.90. The summed E-state index contributed by atoms with van der Waals surface area (Å²) in [6, 6.07) is 9.45. The molecule has 0 saturated heterocycles. The van der Waals surface area contributed by atoms with Gasteiger partial charge in [-0.15, -0.1) is 0 Å². The average Bonchev–Trinajstić information content (AvgIpc) is 2.80. The highest BCUT2D eigenvalue weighted by Gasteiger charge is 2.23. The van der Waals surface area contributed by atoms with Crippen LogP contribution in [0.25, 0.3) is 4.85 Å². The van der Waals surface area contributed by atoms with Crippen molar-refractivity contribution in [3.63, 3.8) is 0 Å². The fourth-order valence-corrected chi connectivity index (χ4v) is 2.81. The van der Waals surface area contributed by atoms with E-state index in [-0.39, 0.29) is 6.92 Å². The molecule has 0 aromatic heterocycles. The number of ether oxygens (including phenoxy) is 1. The molecule has 3 rings (SSSR count). The predicted octanol–water partition coefficient (Wildman–Crippen LogP) is 4.35. The Bertz CT molecular complexity index is 731. The van der Waals surface area contributed by atoms with Crippen LogP contribution in [-0.2, 0) is 11.3 Å². The van der Waals surface area contributed by atoms with Gasteiger partial charge in [0, 0.05) is 0 Å². The Labute approximate surface area is 129 Å². The van der Waals surface area contributed by atoms with Gasteiger partial charge >= 0.3 is 6.92 Å². The van der Waals surface area contributed by atoms with Gasteiger partial charge in [-0.3, -0.25) is 0 Å². The van der Waals surface area contributed by atoms with Crippen LogP contribution in [-0.4, -0.2) is 6.92 Å². The summed E-state index contributed by atoms with van der Waals surface area (Å²) in [5.74, 6) is 1.38. The number of benzene rings is 2. The summed E-state index contributed by atoms with van der Waals surface area (Å²) < 4.78 is 11.4. The molecule has 1 heterocycles. The van der Waals surface area contributed by atoms with Crippen LogP contribution in [0.3, 0.4) is 0 Å².